The Bertz CT molecular complexity index is 556. The van der Waals surface area contributed by atoms with Gasteiger partial charge in [0.25, 0.3) is 0 Å². The SMILES string of the molecule is CC(=O)Nc1cccc(Nc2ncc(I)cn2)c1. The van der Waals surface area contributed by atoms with Gasteiger partial charge in [0, 0.05) is 34.3 Å². The fraction of sp³-hybridized carbons (Fsp3) is 0.0833. The van der Waals surface area contributed by atoms with Crippen molar-refractivity contribution in [3.05, 3.63) is 40.2 Å². The fourth-order valence-electron chi connectivity index (χ4n) is 1.38. The van der Waals surface area contributed by atoms with Gasteiger partial charge in [-0.1, -0.05) is 6.07 Å². The van der Waals surface area contributed by atoms with Crippen LogP contribution in [-0.2, 0) is 4.79 Å². The van der Waals surface area contributed by atoms with Crippen LogP contribution in [0.25, 0.3) is 0 Å². The van der Waals surface area contributed by atoms with Gasteiger partial charge in [0.05, 0.1) is 0 Å². The molecule has 0 saturated carbocycles. The van der Waals surface area contributed by atoms with Crippen molar-refractivity contribution in [3.63, 3.8) is 0 Å². The summed E-state index contributed by atoms with van der Waals surface area (Å²) in [5, 5.41) is 5.79. The molecule has 18 heavy (non-hydrogen) atoms. The van der Waals surface area contributed by atoms with Gasteiger partial charge in [0.15, 0.2) is 0 Å². The third-order valence-electron chi connectivity index (χ3n) is 2.06. The molecule has 0 spiro atoms. The van der Waals surface area contributed by atoms with Crippen LogP contribution in [0.2, 0.25) is 0 Å². The van der Waals surface area contributed by atoms with E-state index in [9.17, 15) is 4.79 Å². The largest absolute Gasteiger partial charge is 0.326 e. The number of benzene rings is 1. The highest BCUT2D eigenvalue weighted by Crippen LogP contribution is 2.18. The second kappa shape index (κ2) is 5.76. The Morgan fingerprint density at radius 3 is 2.56 bits per heavy atom. The van der Waals surface area contributed by atoms with Crippen LogP contribution in [0.1, 0.15) is 6.92 Å². The first kappa shape index (κ1) is 12.7. The zero-order chi connectivity index (χ0) is 13.0. The molecule has 0 aliphatic carbocycles. The van der Waals surface area contributed by atoms with E-state index >= 15 is 0 Å². The molecule has 0 unspecified atom stereocenters. The molecular formula is C12H11IN4O. The third-order valence-corrected chi connectivity index (χ3v) is 2.62. The second-order valence-electron chi connectivity index (χ2n) is 3.61. The standard InChI is InChI=1S/C12H11IN4O/c1-8(18)16-10-3-2-4-11(5-10)17-12-14-6-9(13)7-15-12/h2-7H,1H3,(H,16,18)(H,14,15,17). The molecule has 0 radical (unpaired) electrons. The van der Waals surface area contributed by atoms with Gasteiger partial charge in [-0.25, -0.2) is 9.97 Å². The highest BCUT2D eigenvalue weighted by Gasteiger charge is 2.00. The first-order valence-electron chi connectivity index (χ1n) is 5.26. The van der Waals surface area contributed by atoms with E-state index in [4.69, 9.17) is 0 Å². The minimum absolute atomic E-state index is 0.0994. The molecule has 0 fully saturated rings. The number of aromatic nitrogens is 2. The lowest BCUT2D eigenvalue weighted by Gasteiger charge is -2.07. The van der Waals surface area contributed by atoms with Crippen molar-refractivity contribution in [1.82, 2.24) is 9.97 Å². The van der Waals surface area contributed by atoms with Crippen LogP contribution in [0.15, 0.2) is 36.7 Å². The molecule has 0 aliphatic rings. The third kappa shape index (κ3) is 3.66. The predicted molar refractivity (Wildman–Crippen MR) is 78.8 cm³/mol. The normalized spacial score (nSPS) is 9.89. The molecule has 0 atom stereocenters. The van der Waals surface area contributed by atoms with E-state index in [1.54, 1.807) is 12.4 Å². The minimum Gasteiger partial charge on any atom is -0.326 e. The number of hydrogen-bond donors (Lipinski definition) is 2. The monoisotopic (exact) mass is 354 g/mol. The van der Waals surface area contributed by atoms with Crippen LogP contribution in [0.4, 0.5) is 17.3 Å². The summed E-state index contributed by atoms with van der Waals surface area (Å²) >= 11 is 2.15. The first-order chi connectivity index (χ1) is 8.63. The highest BCUT2D eigenvalue weighted by molar-refractivity contribution is 14.1. The summed E-state index contributed by atoms with van der Waals surface area (Å²) in [6, 6.07) is 7.37. The number of hydrogen-bond acceptors (Lipinski definition) is 4. The Kier molecular flexibility index (Phi) is 4.08. The van der Waals surface area contributed by atoms with Crippen molar-refractivity contribution >= 4 is 45.8 Å². The lowest BCUT2D eigenvalue weighted by atomic mass is 10.3. The molecule has 0 aliphatic heterocycles. The summed E-state index contributed by atoms with van der Waals surface area (Å²) in [6.07, 6.45) is 3.46. The van der Waals surface area contributed by atoms with E-state index in [0.29, 0.717) is 5.95 Å². The highest BCUT2D eigenvalue weighted by atomic mass is 127. The Morgan fingerprint density at radius 2 is 1.89 bits per heavy atom. The molecule has 92 valence electrons. The average Bonchev–Trinajstić information content (AvgIpc) is 2.32. The quantitative estimate of drug-likeness (QED) is 0.832. The molecule has 1 aromatic carbocycles. The van der Waals surface area contributed by atoms with Crippen molar-refractivity contribution in [3.8, 4) is 0 Å². The molecule has 5 nitrogen and oxygen atoms in total. The number of anilines is 3. The van der Waals surface area contributed by atoms with Crippen molar-refractivity contribution in [2.45, 2.75) is 6.92 Å². The van der Waals surface area contributed by atoms with Crippen LogP contribution in [0.5, 0.6) is 0 Å². The van der Waals surface area contributed by atoms with Gasteiger partial charge in [-0.15, -0.1) is 0 Å². The molecule has 0 saturated heterocycles. The number of rotatable bonds is 3. The number of halogens is 1. The lowest BCUT2D eigenvalue weighted by molar-refractivity contribution is -0.114. The van der Waals surface area contributed by atoms with Gasteiger partial charge in [0.1, 0.15) is 0 Å². The maximum Gasteiger partial charge on any atom is 0.227 e. The summed E-state index contributed by atoms with van der Waals surface area (Å²) in [5.74, 6) is 0.424. The second-order valence-corrected chi connectivity index (χ2v) is 4.86. The van der Waals surface area contributed by atoms with Gasteiger partial charge < -0.3 is 10.6 Å². The maximum absolute atomic E-state index is 11.0. The predicted octanol–water partition coefficient (Wildman–Crippen LogP) is 2.78. The van der Waals surface area contributed by atoms with E-state index in [1.807, 2.05) is 24.3 Å². The minimum atomic E-state index is -0.0994. The Hall–Kier alpha value is -1.70. The van der Waals surface area contributed by atoms with Crippen LogP contribution in [-0.4, -0.2) is 15.9 Å². The van der Waals surface area contributed by atoms with Crippen molar-refractivity contribution in [2.75, 3.05) is 10.6 Å². The average molecular weight is 354 g/mol. The van der Waals surface area contributed by atoms with Crippen LogP contribution < -0.4 is 10.6 Å². The summed E-state index contributed by atoms with van der Waals surface area (Å²) in [4.78, 5) is 19.3. The number of nitrogens with one attached hydrogen (secondary N) is 2. The van der Waals surface area contributed by atoms with Crippen molar-refractivity contribution in [1.29, 1.82) is 0 Å². The van der Waals surface area contributed by atoms with E-state index in [2.05, 4.69) is 43.2 Å². The van der Waals surface area contributed by atoms with E-state index in [-0.39, 0.29) is 5.91 Å². The van der Waals surface area contributed by atoms with E-state index < -0.39 is 0 Å². The molecule has 0 bridgehead atoms. The Balaban J connectivity index is 2.13. The zero-order valence-corrected chi connectivity index (χ0v) is 11.8. The Labute approximate surface area is 118 Å². The maximum atomic E-state index is 11.0. The first-order valence-corrected chi connectivity index (χ1v) is 6.33. The topological polar surface area (TPSA) is 66.9 Å². The number of carbonyl (C=O) groups excluding carboxylic acids is 1. The molecular weight excluding hydrogens is 343 g/mol. The summed E-state index contributed by atoms with van der Waals surface area (Å²) in [7, 11) is 0. The summed E-state index contributed by atoms with van der Waals surface area (Å²) in [5.41, 5.74) is 1.56. The molecule has 1 aromatic heterocycles. The summed E-state index contributed by atoms with van der Waals surface area (Å²) in [6.45, 7) is 1.47. The number of carbonyl (C=O) groups is 1. The molecule has 2 aromatic rings. The van der Waals surface area contributed by atoms with Crippen LogP contribution >= 0.6 is 22.6 Å². The van der Waals surface area contributed by atoms with Crippen LogP contribution in [0, 0.1) is 3.57 Å². The molecule has 1 heterocycles. The van der Waals surface area contributed by atoms with Gasteiger partial charge in [-0.2, -0.15) is 0 Å². The van der Waals surface area contributed by atoms with Gasteiger partial charge in [0.2, 0.25) is 11.9 Å². The number of amides is 1. The van der Waals surface area contributed by atoms with Crippen LogP contribution in [0.3, 0.4) is 0 Å². The molecule has 2 N–H and O–H groups in total. The fourth-order valence-corrected chi connectivity index (χ4v) is 1.66. The van der Waals surface area contributed by atoms with Crippen molar-refractivity contribution < 1.29 is 4.79 Å². The molecule has 1 amide bonds. The van der Waals surface area contributed by atoms with Crippen molar-refractivity contribution in [2.24, 2.45) is 0 Å². The van der Waals surface area contributed by atoms with Gasteiger partial charge in [-0.3, -0.25) is 4.79 Å². The molecule has 2 rings (SSSR count). The van der Waals surface area contributed by atoms with E-state index in [1.165, 1.54) is 6.92 Å². The van der Waals surface area contributed by atoms with E-state index in [0.717, 1.165) is 14.9 Å². The lowest BCUT2D eigenvalue weighted by Crippen LogP contribution is -2.06. The van der Waals surface area contributed by atoms with Gasteiger partial charge >= 0.3 is 0 Å². The zero-order valence-electron chi connectivity index (χ0n) is 9.64. The molecule has 6 heteroatoms. The summed E-state index contributed by atoms with van der Waals surface area (Å²) < 4.78 is 0.977. The smallest absolute Gasteiger partial charge is 0.227 e. The Morgan fingerprint density at radius 1 is 1.22 bits per heavy atom. The number of nitrogens with zero attached hydrogens (tertiary/aromatic N) is 2. The van der Waals surface area contributed by atoms with Gasteiger partial charge in [-0.05, 0) is 40.8 Å².